The van der Waals surface area contributed by atoms with E-state index in [1.807, 2.05) is 62.5 Å². The Bertz CT molecular complexity index is 3160. The van der Waals surface area contributed by atoms with Gasteiger partial charge in [0.05, 0.1) is 28.0 Å². The maximum Gasteiger partial charge on any atom is 0.149 e. The van der Waals surface area contributed by atoms with E-state index in [0.717, 1.165) is 83.6 Å². The summed E-state index contributed by atoms with van der Waals surface area (Å²) in [5, 5.41) is 12.2. The Hall–Kier alpha value is -7.04. The highest BCUT2D eigenvalue weighted by Gasteiger charge is 2.27. The first-order chi connectivity index (χ1) is 30.5. The van der Waals surface area contributed by atoms with Crippen molar-refractivity contribution in [2.75, 3.05) is 0 Å². The Labute approximate surface area is 374 Å². The molecule has 0 spiro atoms. The number of phenolic OH excluding ortho intramolecular Hbond substituents is 1. The van der Waals surface area contributed by atoms with Crippen LogP contribution in [0.25, 0.3) is 83.9 Å². The molecule has 7 aromatic carbocycles. The van der Waals surface area contributed by atoms with Crippen LogP contribution in [0.5, 0.6) is 5.75 Å². The van der Waals surface area contributed by atoms with E-state index < -0.39 is 5.89 Å². The number of hydrogen-bond donors (Lipinski definition) is 1. The minimum absolute atomic E-state index is 0.0763. The molecule has 312 valence electrons. The average Bonchev–Trinajstić information content (AvgIpc) is 3.68. The van der Waals surface area contributed by atoms with E-state index in [9.17, 15) is 5.11 Å². The van der Waals surface area contributed by atoms with Gasteiger partial charge in [-0.2, -0.15) is 0 Å². The lowest BCUT2D eigenvalue weighted by molar-refractivity contribution is 0.448. The largest absolute Gasteiger partial charge is 0.507 e. The molecule has 9 aromatic rings. The first kappa shape index (κ1) is 40.1. The lowest BCUT2D eigenvalue weighted by atomic mass is 9.84. The number of pyridine rings is 1. The molecule has 0 bridgehead atoms. The van der Waals surface area contributed by atoms with E-state index in [1.165, 1.54) is 5.56 Å². The van der Waals surface area contributed by atoms with Crippen molar-refractivity contribution in [2.45, 2.75) is 72.1 Å². The van der Waals surface area contributed by atoms with E-state index in [1.54, 1.807) is 0 Å². The Morgan fingerprint density at radius 2 is 1.16 bits per heavy atom. The molecule has 2 heterocycles. The van der Waals surface area contributed by atoms with Gasteiger partial charge >= 0.3 is 0 Å². The molecule has 0 unspecified atom stereocenters. The highest BCUT2D eigenvalue weighted by atomic mass is 16.3. The second-order valence-corrected chi connectivity index (χ2v) is 18.9. The summed E-state index contributed by atoms with van der Waals surface area (Å²) in [7, 11) is 0. The van der Waals surface area contributed by atoms with Crippen LogP contribution in [0.15, 0.2) is 176 Å². The molecule has 0 saturated carbocycles. The van der Waals surface area contributed by atoms with Gasteiger partial charge in [-0.05, 0) is 121 Å². The van der Waals surface area contributed by atoms with Crippen LogP contribution in [0.2, 0.25) is 0 Å². The van der Waals surface area contributed by atoms with Crippen LogP contribution in [-0.2, 0) is 10.8 Å². The van der Waals surface area contributed by atoms with Crippen LogP contribution in [0.3, 0.4) is 0 Å². The third-order valence-corrected chi connectivity index (χ3v) is 12.1. The highest BCUT2D eigenvalue weighted by molar-refractivity contribution is 5.98. The molecule has 0 aliphatic heterocycles. The molecular formula is C59H55N3O. The summed E-state index contributed by atoms with van der Waals surface area (Å²) in [6.07, 6.45) is 1.88. The fraction of sp³-hybridized carbons (Fsp3) is 0.186. The maximum atomic E-state index is 12.2. The van der Waals surface area contributed by atoms with Gasteiger partial charge in [-0.25, -0.2) is 4.98 Å². The van der Waals surface area contributed by atoms with Crippen molar-refractivity contribution >= 4 is 11.0 Å². The standard InChI is InChI=1S/C59H55N3O/c1-38(2)41-22-15-23-42(32-41)43-30-31-60-52(36-43)46-34-44(39-18-11-9-12-19-39)33-45(35-46)48-24-17-27-54-55(48)61-57(49-25-16-26-51(56(49)63)59(6,7)8)62(54)53-29-28-47(58(3,4)5)37-50(53)40-20-13-10-14-21-40/h9-38,63H,1-8H3/i38D. The molecule has 0 saturated heterocycles. The molecule has 2 aromatic heterocycles. The normalized spacial score (nSPS) is 12.4. The van der Waals surface area contributed by atoms with Crippen molar-refractivity contribution in [3.63, 3.8) is 0 Å². The molecule has 63 heavy (non-hydrogen) atoms. The van der Waals surface area contributed by atoms with Crippen molar-refractivity contribution in [2.24, 2.45) is 0 Å². The van der Waals surface area contributed by atoms with Crippen LogP contribution < -0.4 is 0 Å². The van der Waals surface area contributed by atoms with Crippen LogP contribution in [0.1, 0.15) is 79.3 Å². The molecule has 0 fully saturated rings. The molecule has 0 amide bonds. The van der Waals surface area contributed by atoms with E-state index in [4.69, 9.17) is 11.3 Å². The number of benzene rings is 7. The highest BCUT2D eigenvalue weighted by Crippen LogP contribution is 2.44. The molecule has 9 rings (SSSR count). The topological polar surface area (TPSA) is 50.9 Å². The second-order valence-electron chi connectivity index (χ2n) is 18.9. The van der Waals surface area contributed by atoms with Gasteiger partial charge in [-0.1, -0.05) is 171 Å². The van der Waals surface area contributed by atoms with Gasteiger partial charge in [0.25, 0.3) is 0 Å². The van der Waals surface area contributed by atoms with Crippen molar-refractivity contribution < 1.29 is 6.48 Å². The second kappa shape index (κ2) is 16.3. The minimum atomic E-state index is -0.716. The Balaban J connectivity index is 1.31. The van der Waals surface area contributed by atoms with E-state index in [-0.39, 0.29) is 16.6 Å². The molecule has 1 N–H and O–H groups in total. The molecule has 0 radical (unpaired) electrons. The Morgan fingerprint density at radius 1 is 0.524 bits per heavy atom. The molecule has 0 atom stereocenters. The van der Waals surface area contributed by atoms with E-state index >= 15 is 0 Å². The third kappa shape index (κ3) is 8.10. The fourth-order valence-corrected chi connectivity index (χ4v) is 8.64. The maximum absolute atomic E-state index is 12.2. The predicted molar refractivity (Wildman–Crippen MR) is 265 cm³/mol. The number of aromatic nitrogens is 3. The number of fused-ring (bicyclic) bond motifs is 1. The first-order valence-corrected chi connectivity index (χ1v) is 21.9. The van der Waals surface area contributed by atoms with Gasteiger partial charge < -0.3 is 5.11 Å². The predicted octanol–water partition coefficient (Wildman–Crippen LogP) is 15.8. The number of aromatic hydroxyl groups is 1. The van der Waals surface area contributed by atoms with Gasteiger partial charge in [-0.3, -0.25) is 9.55 Å². The summed E-state index contributed by atoms with van der Waals surface area (Å²) >= 11 is 0. The summed E-state index contributed by atoms with van der Waals surface area (Å²) in [5.41, 5.74) is 16.3. The minimum Gasteiger partial charge on any atom is -0.507 e. The van der Waals surface area contributed by atoms with Gasteiger partial charge in [-0.15, -0.1) is 0 Å². The lowest BCUT2D eigenvalue weighted by Crippen LogP contribution is -2.12. The quantitative estimate of drug-likeness (QED) is 0.166. The van der Waals surface area contributed by atoms with Gasteiger partial charge in [0.1, 0.15) is 11.6 Å². The molecular weight excluding hydrogens is 767 g/mol. The molecule has 0 aliphatic rings. The first-order valence-electron chi connectivity index (χ1n) is 22.4. The van der Waals surface area contributed by atoms with E-state index in [2.05, 4.69) is 174 Å². The summed E-state index contributed by atoms with van der Waals surface area (Å²) in [6, 6.07) is 59.4. The van der Waals surface area contributed by atoms with Crippen molar-refractivity contribution in [3.05, 3.63) is 193 Å². The number of nitrogens with zero attached hydrogens (tertiary/aromatic N) is 3. The van der Waals surface area contributed by atoms with E-state index in [0.29, 0.717) is 11.4 Å². The summed E-state index contributed by atoms with van der Waals surface area (Å²) < 4.78 is 10.9. The number of imidazole rings is 1. The third-order valence-electron chi connectivity index (χ3n) is 12.1. The number of para-hydroxylation sites is 2. The fourth-order valence-electron chi connectivity index (χ4n) is 8.64. The SMILES string of the molecule is [2H]C(C)(C)c1cccc(-c2ccnc(-c3cc(-c4ccccc4)cc(-c4cccc5c4nc(-c4cccc(C(C)(C)C)c4O)n5-c4ccc(C(C)(C)C)cc4-c4ccccc4)c3)c2)c1. The van der Waals surface area contributed by atoms with Gasteiger partial charge in [0.2, 0.25) is 0 Å². The summed E-state index contributed by atoms with van der Waals surface area (Å²) in [6.45, 7) is 17.0. The Kier molecular flexibility index (Phi) is 10.4. The molecule has 4 heteroatoms. The summed E-state index contributed by atoms with van der Waals surface area (Å²) in [4.78, 5) is 10.5. The zero-order valence-electron chi connectivity index (χ0n) is 38.5. The van der Waals surface area contributed by atoms with Crippen molar-refractivity contribution in [3.8, 4) is 78.6 Å². The smallest absolute Gasteiger partial charge is 0.149 e. The van der Waals surface area contributed by atoms with Gasteiger partial charge in [0.15, 0.2) is 0 Å². The lowest BCUT2D eigenvalue weighted by Gasteiger charge is -2.24. The van der Waals surface area contributed by atoms with Crippen molar-refractivity contribution in [1.82, 2.24) is 14.5 Å². The van der Waals surface area contributed by atoms with Crippen LogP contribution in [-0.4, -0.2) is 19.6 Å². The zero-order chi connectivity index (χ0) is 45.0. The monoisotopic (exact) mass is 822 g/mol. The van der Waals surface area contributed by atoms with Crippen LogP contribution >= 0.6 is 0 Å². The zero-order valence-corrected chi connectivity index (χ0v) is 37.5. The van der Waals surface area contributed by atoms with Crippen LogP contribution in [0, 0.1) is 0 Å². The molecule has 0 aliphatic carbocycles. The van der Waals surface area contributed by atoms with Gasteiger partial charge in [0, 0.05) is 24.3 Å². The number of phenols is 1. The number of rotatable bonds is 8. The average molecular weight is 823 g/mol. The summed E-state index contributed by atoms with van der Waals surface area (Å²) in [5.74, 6) is 0.182. The Morgan fingerprint density at radius 3 is 1.87 bits per heavy atom. The number of hydrogen-bond acceptors (Lipinski definition) is 3. The molecule has 4 nitrogen and oxygen atoms in total. The van der Waals surface area contributed by atoms with Crippen LogP contribution in [0.4, 0.5) is 0 Å². The van der Waals surface area contributed by atoms with Crippen molar-refractivity contribution in [1.29, 1.82) is 0 Å².